The van der Waals surface area contributed by atoms with Gasteiger partial charge >= 0.3 is 0 Å². The average molecular weight is 405 g/mol. The van der Waals surface area contributed by atoms with Crippen molar-refractivity contribution in [3.8, 4) is 23.0 Å². The van der Waals surface area contributed by atoms with Gasteiger partial charge in [0.1, 0.15) is 23.0 Å². The van der Waals surface area contributed by atoms with E-state index in [9.17, 15) is 5.11 Å². The van der Waals surface area contributed by atoms with E-state index in [4.69, 9.17) is 23.7 Å². The van der Waals surface area contributed by atoms with E-state index >= 15 is 0 Å². The lowest BCUT2D eigenvalue weighted by molar-refractivity contribution is -0.0140. The zero-order valence-corrected chi connectivity index (χ0v) is 18.2. The van der Waals surface area contributed by atoms with Crippen molar-refractivity contribution < 1.29 is 28.8 Å². The molecule has 0 fully saturated rings. The SMILES string of the molecule is C=CC(C)(C)C(OCCCO)c1cc(OC)c2c(OC)ccc(OC)c2c1OC. The normalized spacial score (nSPS) is 12.5. The van der Waals surface area contributed by atoms with Crippen LogP contribution in [0.2, 0.25) is 0 Å². The van der Waals surface area contributed by atoms with Crippen LogP contribution in [0.15, 0.2) is 30.9 Å². The molecule has 0 aliphatic carbocycles. The summed E-state index contributed by atoms with van der Waals surface area (Å²) in [5, 5.41) is 10.7. The third kappa shape index (κ3) is 4.43. The Morgan fingerprint density at radius 3 is 2.03 bits per heavy atom. The molecule has 0 radical (unpaired) electrons. The molecule has 6 nitrogen and oxygen atoms in total. The molecule has 0 saturated heterocycles. The van der Waals surface area contributed by atoms with E-state index in [-0.39, 0.29) is 12.7 Å². The van der Waals surface area contributed by atoms with E-state index in [0.717, 1.165) is 16.3 Å². The van der Waals surface area contributed by atoms with E-state index in [1.165, 1.54) is 0 Å². The van der Waals surface area contributed by atoms with Crippen LogP contribution in [0.5, 0.6) is 23.0 Å². The minimum absolute atomic E-state index is 0.0600. The van der Waals surface area contributed by atoms with Crippen molar-refractivity contribution in [1.29, 1.82) is 0 Å². The van der Waals surface area contributed by atoms with Gasteiger partial charge < -0.3 is 28.8 Å². The van der Waals surface area contributed by atoms with Gasteiger partial charge in [-0.2, -0.15) is 0 Å². The van der Waals surface area contributed by atoms with Gasteiger partial charge in [-0.1, -0.05) is 19.9 Å². The van der Waals surface area contributed by atoms with E-state index in [0.29, 0.717) is 36.0 Å². The second-order valence-corrected chi connectivity index (χ2v) is 7.27. The summed E-state index contributed by atoms with van der Waals surface area (Å²) in [6.07, 6.45) is 2.01. The molecule has 1 N–H and O–H groups in total. The average Bonchev–Trinajstić information content (AvgIpc) is 2.74. The summed E-state index contributed by atoms with van der Waals surface area (Å²) in [6, 6.07) is 5.59. The molecule has 0 amide bonds. The van der Waals surface area contributed by atoms with Crippen molar-refractivity contribution in [3.05, 3.63) is 36.4 Å². The molecule has 0 aromatic heterocycles. The molecule has 0 heterocycles. The Labute approximate surface area is 173 Å². The van der Waals surface area contributed by atoms with Crippen molar-refractivity contribution in [2.24, 2.45) is 5.41 Å². The van der Waals surface area contributed by atoms with Crippen molar-refractivity contribution in [2.75, 3.05) is 41.7 Å². The van der Waals surface area contributed by atoms with Crippen LogP contribution in [0.3, 0.4) is 0 Å². The number of hydrogen-bond acceptors (Lipinski definition) is 6. The third-order valence-electron chi connectivity index (χ3n) is 5.09. The topological polar surface area (TPSA) is 66.4 Å². The fraction of sp³-hybridized carbons (Fsp3) is 0.478. The fourth-order valence-corrected chi connectivity index (χ4v) is 3.45. The van der Waals surface area contributed by atoms with Crippen molar-refractivity contribution >= 4 is 10.8 Å². The zero-order chi connectivity index (χ0) is 21.6. The Balaban J connectivity index is 2.88. The molecule has 160 valence electrons. The van der Waals surface area contributed by atoms with Crippen LogP contribution in [0.25, 0.3) is 10.8 Å². The summed E-state index contributed by atoms with van der Waals surface area (Å²) in [5.41, 5.74) is 0.402. The standard InChI is InChI=1S/C23H32O6/c1-8-23(2,3)22(29-13-9-12-24)15-14-18(27-6)19-16(25-4)10-11-17(26-5)20(19)21(15)28-7/h8,10-11,14,22,24H,1,9,12-13H2,2-7H3. The Bertz CT molecular complexity index is 843. The maximum Gasteiger partial charge on any atom is 0.136 e. The maximum atomic E-state index is 9.18. The van der Waals surface area contributed by atoms with Gasteiger partial charge in [-0.05, 0) is 24.6 Å². The van der Waals surface area contributed by atoms with Crippen LogP contribution < -0.4 is 18.9 Å². The number of ether oxygens (including phenoxy) is 5. The molecule has 0 aliphatic rings. The van der Waals surface area contributed by atoms with Crippen LogP contribution in [0, 0.1) is 5.41 Å². The van der Waals surface area contributed by atoms with Gasteiger partial charge in [0.2, 0.25) is 0 Å². The zero-order valence-electron chi connectivity index (χ0n) is 18.2. The van der Waals surface area contributed by atoms with E-state index in [1.54, 1.807) is 28.4 Å². The highest BCUT2D eigenvalue weighted by molar-refractivity contribution is 6.03. The van der Waals surface area contributed by atoms with E-state index < -0.39 is 5.41 Å². The van der Waals surface area contributed by atoms with Crippen LogP contribution in [-0.2, 0) is 4.74 Å². The van der Waals surface area contributed by atoms with Crippen LogP contribution in [-0.4, -0.2) is 46.8 Å². The Kier molecular flexibility index (Phi) is 7.76. The first-order valence-electron chi connectivity index (χ1n) is 9.55. The van der Waals surface area contributed by atoms with Gasteiger partial charge in [0.25, 0.3) is 0 Å². The molecule has 0 aliphatic heterocycles. The van der Waals surface area contributed by atoms with E-state index in [1.807, 2.05) is 38.1 Å². The molecule has 29 heavy (non-hydrogen) atoms. The van der Waals surface area contributed by atoms with Crippen molar-refractivity contribution in [2.45, 2.75) is 26.4 Å². The highest BCUT2D eigenvalue weighted by atomic mass is 16.5. The lowest BCUT2D eigenvalue weighted by Crippen LogP contribution is -2.24. The first-order chi connectivity index (χ1) is 13.9. The summed E-state index contributed by atoms with van der Waals surface area (Å²) in [7, 11) is 6.46. The second kappa shape index (κ2) is 9.85. The van der Waals surface area contributed by atoms with Crippen LogP contribution in [0.4, 0.5) is 0 Å². The number of aliphatic hydroxyl groups is 1. The Morgan fingerprint density at radius 1 is 0.966 bits per heavy atom. The fourth-order valence-electron chi connectivity index (χ4n) is 3.45. The number of methoxy groups -OCH3 is 4. The van der Waals surface area contributed by atoms with E-state index in [2.05, 4.69) is 6.58 Å². The molecule has 2 aromatic carbocycles. The van der Waals surface area contributed by atoms with Gasteiger partial charge in [-0.15, -0.1) is 6.58 Å². The first-order valence-corrected chi connectivity index (χ1v) is 9.55. The van der Waals surface area contributed by atoms with Gasteiger partial charge in [0.05, 0.1) is 45.3 Å². The summed E-state index contributed by atoms with van der Waals surface area (Å²) < 4.78 is 29.0. The smallest absolute Gasteiger partial charge is 0.136 e. The second-order valence-electron chi connectivity index (χ2n) is 7.27. The highest BCUT2D eigenvalue weighted by Gasteiger charge is 2.34. The lowest BCUT2D eigenvalue weighted by Gasteiger charge is -2.33. The molecule has 2 rings (SSSR count). The van der Waals surface area contributed by atoms with Crippen molar-refractivity contribution in [3.63, 3.8) is 0 Å². The highest BCUT2D eigenvalue weighted by Crippen LogP contribution is 2.51. The molecule has 6 heteroatoms. The molecule has 0 bridgehead atoms. The Hall–Kier alpha value is -2.44. The summed E-state index contributed by atoms with van der Waals surface area (Å²) >= 11 is 0. The van der Waals surface area contributed by atoms with Gasteiger partial charge in [-0.3, -0.25) is 0 Å². The number of hydrogen-bond donors (Lipinski definition) is 1. The predicted octanol–water partition coefficient (Wildman–Crippen LogP) is 4.53. The molecular formula is C23H32O6. The first kappa shape index (κ1) is 22.8. The summed E-state index contributed by atoms with van der Waals surface area (Å²) in [4.78, 5) is 0. The molecular weight excluding hydrogens is 372 g/mol. The number of rotatable bonds is 11. The third-order valence-corrected chi connectivity index (χ3v) is 5.09. The minimum atomic E-state index is -0.409. The predicted molar refractivity (Wildman–Crippen MR) is 115 cm³/mol. The molecule has 1 unspecified atom stereocenters. The summed E-state index contributed by atoms with van der Waals surface area (Å²) in [5.74, 6) is 2.55. The van der Waals surface area contributed by atoms with Crippen LogP contribution >= 0.6 is 0 Å². The maximum absolute atomic E-state index is 9.18. The number of aliphatic hydroxyl groups excluding tert-OH is 1. The number of fused-ring (bicyclic) bond motifs is 1. The monoisotopic (exact) mass is 404 g/mol. The quantitative estimate of drug-likeness (QED) is 0.439. The molecule has 1 atom stereocenters. The Morgan fingerprint density at radius 2 is 1.55 bits per heavy atom. The van der Waals surface area contributed by atoms with Gasteiger partial charge in [-0.25, -0.2) is 0 Å². The van der Waals surface area contributed by atoms with Gasteiger partial charge in [0, 0.05) is 24.2 Å². The largest absolute Gasteiger partial charge is 0.496 e. The number of benzene rings is 2. The van der Waals surface area contributed by atoms with Gasteiger partial charge in [0.15, 0.2) is 0 Å². The summed E-state index contributed by atoms with van der Waals surface area (Å²) in [6.45, 7) is 8.53. The molecule has 0 spiro atoms. The molecule has 0 saturated carbocycles. The minimum Gasteiger partial charge on any atom is -0.496 e. The van der Waals surface area contributed by atoms with Crippen molar-refractivity contribution in [1.82, 2.24) is 0 Å². The lowest BCUT2D eigenvalue weighted by atomic mass is 9.81. The van der Waals surface area contributed by atoms with Crippen LogP contribution in [0.1, 0.15) is 31.9 Å². The molecule has 2 aromatic rings.